The molecule has 108 valence electrons. The lowest BCUT2D eigenvalue weighted by Gasteiger charge is -2.30. The second kappa shape index (κ2) is 6.96. The van der Waals surface area contributed by atoms with Gasteiger partial charge in [0.25, 0.3) is 0 Å². The van der Waals surface area contributed by atoms with Crippen LogP contribution in [0.3, 0.4) is 0 Å². The Labute approximate surface area is 138 Å². The summed E-state index contributed by atoms with van der Waals surface area (Å²) in [5, 5.41) is -0.181. The molecule has 3 aromatic carbocycles. The largest absolute Gasteiger partial charge is 0.0763 e. The summed E-state index contributed by atoms with van der Waals surface area (Å²) < 4.78 is 0. The van der Waals surface area contributed by atoms with Crippen LogP contribution in [0.5, 0.6) is 0 Å². The van der Waals surface area contributed by atoms with Crippen LogP contribution < -0.4 is 0 Å². The predicted octanol–water partition coefficient (Wildman–Crippen LogP) is 5.58. The minimum Gasteiger partial charge on any atom is -0.0622 e. The monoisotopic (exact) mass is 320 g/mol. The van der Waals surface area contributed by atoms with Crippen molar-refractivity contribution in [2.45, 2.75) is 11.6 Å². The molecule has 0 atom stereocenters. The van der Waals surface area contributed by atoms with Crippen LogP contribution in [0.4, 0.5) is 0 Å². The Bertz CT molecular complexity index is 684. The number of hydrogen-bond donors (Lipinski definition) is 0. The van der Waals surface area contributed by atoms with Crippen molar-refractivity contribution in [1.82, 2.24) is 0 Å². The molecule has 3 rings (SSSR count). The van der Waals surface area contributed by atoms with E-state index in [4.69, 9.17) is 11.8 Å². The van der Waals surface area contributed by atoms with Crippen molar-refractivity contribution >= 4 is 19.2 Å². The molecule has 0 radical (unpaired) electrons. The van der Waals surface area contributed by atoms with E-state index in [9.17, 15) is 0 Å². The molecule has 0 nitrogen and oxygen atoms in total. The van der Waals surface area contributed by atoms with Crippen LogP contribution in [0.25, 0.3) is 0 Å². The van der Waals surface area contributed by atoms with E-state index in [0.717, 1.165) is 13.8 Å². The van der Waals surface area contributed by atoms with Crippen LogP contribution in [0.1, 0.15) is 16.7 Å². The summed E-state index contributed by atoms with van der Waals surface area (Å²) in [6.45, 7) is 0. The van der Waals surface area contributed by atoms with Gasteiger partial charge in [0.1, 0.15) is 0 Å². The first-order valence-electron chi connectivity index (χ1n) is 7.35. The van der Waals surface area contributed by atoms with Gasteiger partial charge in [-0.3, -0.25) is 0 Å². The van der Waals surface area contributed by atoms with Gasteiger partial charge in [0.15, 0.2) is 0 Å². The Morgan fingerprint density at radius 1 is 0.636 bits per heavy atom. The van der Waals surface area contributed by atoms with E-state index >= 15 is 0 Å². The highest BCUT2D eigenvalue weighted by Crippen LogP contribution is 2.44. The highest BCUT2D eigenvalue weighted by atomic mass is 32.4. The molecule has 0 bridgehead atoms. The number of rotatable bonds is 5. The SMILES string of the molecule is S=PC(Cc1ccccc1)(c1ccccc1)c1ccccc1. The Kier molecular flexibility index (Phi) is 4.77. The fourth-order valence-electron chi connectivity index (χ4n) is 2.83. The van der Waals surface area contributed by atoms with Crippen molar-refractivity contribution in [3.05, 3.63) is 108 Å². The molecular formula is C20H17PS. The van der Waals surface area contributed by atoms with Crippen LogP contribution in [0.2, 0.25) is 0 Å². The molecule has 0 N–H and O–H groups in total. The van der Waals surface area contributed by atoms with Crippen molar-refractivity contribution < 1.29 is 0 Å². The topological polar surface area (TPSA) is 0 Å². The van der Waals surface area contributed by atoms with E-state index in [1.807, 2.05) is 0 Å². The molecule has 0 saturated heterocycles. The van der Waals surface area contributed by atoms with Gasteiger partial charge in [0, 0.05) is 0 Å². The van der Waals surface area contributed by atoms with Crippen LogP contribution in [-0.2, 0) is 23.4 Å². The molecular weight excluding hydrogens is 303 g/mol. The van der Waals surface area contributed by atoms with E-state index in [-0.39, 0.29) is 5.16 Å². The van der Waals surface area contributed by atoms with Crippen LogP contribution >= 0.6 is 7.36 Å². The van der Waals surface area contributed by atoms with E-state index in [0.29, 0.717) is 0 Å². The van der Waals surface area contributed by atoms with Gasteiger partial charge in [-0.05, 0) is 30.5 Å². The average molecular weight is 320 g/mol. The smallest absolute Gasteiger partial charge is 0.0622 e. The highest BCUT2D eigenvalue weighted by Gasteiger charge is 2.33. The van der Waals surface area contributed by atoms with Crippen molar-refractivity contribution in [1.29, 1.82) is 0 Å². The van der Waals surface area contributed by atoms with Gasteiger partial charge in [0.2, 0.25) is 0 Å². The fourth-order valence-corrected chi connectivity index (χ4v) is 4.41. The molecule has 0 saturated carbocycles. The molecule has 0 aliphatic rings. The first kappa shape index (κ1) is 15.1. The third-order valence-corrected chi connectivity index (χ3v) is 5.88. The normalized spacial score (nSPS) is 11.5. The summed E-state index contributed by atoms with van der Waals surface area (Å²) in [6.07, 6.45) is 0.910. The molecule has 0 aliphatic carbocycles. The van der Waals surface area contributed by atoms with Gasteiger partial charge in [-0.2, -0.15) is 0 Å². The molecule has 0 aliphatic heterocycles. The second-order valence-electron chi connectivity index (χ2n) is 5.35. The third kappa shape index (κ3) is 3.02. The molecule has 0 aromatic heterocycles. The summed E-state index contributed by atoms with van der Waals surface area (Å²) in [6, 6.07) is 31.9. The maximum atomic E-state index is 5.62. The summed E-state index contributed by atoms with van der Waals surface area (Å²) in [7, 11) is 0.942. The maximum Gasteiger partial charge on any atom is 0.0763 e. The van der Waals surface area contributed by atoms with Crippen molar-refractivity contribution in [2.24, 2.45) is 0 Å². The molecule has 2 heteroatoms. The lowest BCUT2D eigenvalue weighted by atomic mass is 9.85. The second-order valence-corrected chi connectivity index (χ2v) is 6.84. The summed E-state index contributed by atoms with van der Waals surface area (Å²) in [5.74, 6) is 0. The average Bonchev–Trinajstić information content (AvgIpc) is 2.62. The molecule has 0 fully saturated rings. The first-order valence-corrected chi connectivity index (χ1v) is 9.25. The molecule has 0 unspecified atom stereocenters. The van der Waals surface area contributed by atoms with Gasteiger partial charge >= 0.3 is 0 Å². The van der Waals surface area contributed by atoms with Crippen LogP contribution in [0, 0.1) is 0 Å². The highest BCUT2D eigenvalue weighted by molar-refractivity contribution is 7.97. The third-order valence-electron chi connectivity index (χ3n) is 3.96. The minimum atomic E-state index is -0.181. The minimum absolute atomic E-state index is 0.181. The van der Waals surface area contributed by atoms with Gasteiger partial charge in [0.05, 0.1) is 5.16 Å². The van der Waals surface area contributed by atoms with Crippen LogP contribution in [0.15, 0.2) is 91.0 Å². The van der Waals surface area contributed by atoms with Gasteiger partial charge < -0.3 is 0 Å². The number of benzene rings is 3. The van der Waals surface area contributed by atoms with E-state index < -0.39 is 0 Å². The van der Waals surface area contributed by atoms with Gasteiger partial charge in [-0.1, -0.05) is 103 Å². The molecule has 3 aromatic rings. The zero-order valence-electron chi connectivity index (χ0n) is 12.2. The number of hydrogen-bond acceptors (Lipinski definition) is 1. The molecule has 22 heavy (non-hydrogen) atoms. The fraction of sp³-hybridized carbons (Fsp3) is 0.100. The zero-order valence-corrected chi connectivity index (χ0v) is 13.9. The Balaban J connectivity index is 2.15. The van der Waals surface area contributed by atoms with E-state index in [1.165, 1.54) is 16.7 Å². The van der Waals surface area contributed by atoms with Gasteiger partial charge in [-0.15, -0.1) is 0 Å². The molecule has 0 heterocycles. The Morgan fingerprint density at radius 3 is 1.45 bits per heavy atom. The van der Waals surface area contributed by atoms with Crippen molar-refractivity contribution in [3.8, 4) is 0 Å². The predicted molar refractivity (Wildman–Crippen MR) is 98.1 cm³/mol. The van der Waals surface area contributed by atoms with E-state index in [2.05, 4.69) is 91.0 Å². The first-order chi connectivity index (χ1) is 10.8. The standard InChI is InChI=1S/C20H17PS/c22-21-20(18-12-6-2-7-13-18,19-14-8-3-9-15-19)16-17-10-4-1-5-11-17/h1-15H,16H2. The molecule has 0 amide bonds. The Hall–Kier alpha value is -1.82. The lowest BCUT2D eigenvalue weighted by Crippen LogP contribution is -2.23. The molecule has 0 spiro atoms. The quantitative estimate of drug-likeness (QED) is 0.553. The summed E-state index contributed by atoms with van der Waals surface area (Å²) in [5.41, 5.74) is 3.87. The van der Waals surface area contributed by atoms with Gasteiger partial charge in [-0.25, -0.2) is 0 Å². The Morgan fingerprint density at radius 2 is 1.05 bits per heavy atom. The van der Waals surface area contributed by atoms with Crippen molar-refractivity contribution in [3.63, 3.8) is 0 Å². The summed E-state index contributed by atoms with van der Waals surface area (Å²) in [4.78, 5) is 0. The van der Waals surface area contributed by atoms with E-state index in [1.54, 1.807) is 0 Å². The lowest BCUT2D eigenvalue weighted by molar-refractivity contribution is 0.734. The van der Waals surface area contributed by atoms with Crippen LogP contribution in [-0.4, -0.2) is 0 Å². The maximum absolute atomic E-state index is 5.62. The van der Waals surface area contributed by atoms with Crippen molar-refractivity contribution in [2.75, 3.05) is 0 Å². The zero-order chi connectivity index (χ0) is 15.3. The summed E-state index contributed by atoms with van der Waals surface area (Å²) >= 11 is 5.62.